The molecule has 0 bridgehead atoms. The highest BCUT2D eigenvalue weighted by molar-refractivity contribution is 7.03. The first-order valence-electron chi connectivity index (χ1n) is 13.5. The average molecular weight is 563 g/mol. The minimum atomic E-state index is -0.0976. The summed E-state index contributed by atoms with van der Waals surface area (Å²) in [5.74, 6) is 1.27. The molecule has 7 rings (SSSR count). The summed E-state index contributed by atoms with van der Waals surface area (Å²) >= 11 is 1.41. The number of aryl methyl sites for hydroxylation is 1. The maximum Gasteiger partial charge on any atom is 0.272 e. The summed E-state index contributed by atoms with van der Waals surface area (Å²) in [7, 11) is 0. The summed E-state index contributed by atoms with van der Waals surface area (Å²) in [5, 5.41) is 14.9. The number of carbonyl (C=O) groups is 1. The van der Waals surface area contributed by atoms with E-state index in [0.717, 1.165) is 35.0 Å². The Hall–Kier alpha value is -4.77. The number of piperidine rings is 1. The zero-order valence-electron chi connectivity index (χ0n) is 22.3. The Morgan fingerprint density at radius 1 is 1.02 bits per heavy atom. The lowest BCUT2D eigenvalue weighted by atomic mass is 9.85. The van der Waals surface area contributed by atoms with Gasteiger partial charge in [-0.15, -0.1) is 10.2 Å². The number of amides is 1. The smallest absolute Gasteiger partial charge is 0.272 e. The first-order valence-corrected chi connectivity index (χ1v) is 14.3. The second-order valence-corrected chi connectivity index (χ2v) is 10.8. The molecule has 0 N–H and O–H groups in total. The number of oxazole rings is 1. The summed E-state index contributed by atoms with van der Waals surface area (Å²) in [5.41, 5.74) is 5.74. The molecule has 0 spiro atoms. The van der Waals surface area contributed by atoms with E-state index in [2.05, 4.69) is 36.9 Å². The lowest BCUT2D eigenvalue weighted by Gasteiger charge is -2.35. The van der Waals surface area contributed by atoms with E-state index in [9.17, 15) is 4.79 Å². The zero-order chi connectivity index (χ0) is 27.8. The molecule has 11 heteroatoms. The Morgan fingerprint density at radius 3 is 2.63 bits per heavy atom. The predicted molar refractivity (Wildman–Crippen MR) is 154 cm³/mol. The van der Waals surface area contributed by atoms with Gasteiger partial charge in [0.15, 0.2) is 11.4 Å². The van der Waals surface area contributed by atoms with E-state index in [1.165, 1.54) is 11.5 Å². The Kier molecular flexibility index (Phi) is 6.56. The molecule has 0 unspecified atom stereocenters. The Labute approximate surface area is 239 Å². The molecule has 204 valence electrons. The molecule has 5 heterocycles. The van der Waals surface area contributed by atoms with Crippen LogP contribution in [0, 0.1) is 12.8 Å². The molecular weight excluding hydrogens is 536 g/mol. The van der Waals surface area contributed by atoms with Gasteiger partial charge >= 0.3 is 0 Å². The van der Waals surface area contributed by atoms with E-state index < -0.39 is 0 Å². The molecule has 0 radical (unpaired) electrons. The van der Waals surface area contributed by atoms with Crippen LogP contribution in [0.15, 0.2) is 82.9 Å². The predicted octanol–water partition coefficient (Wildman–Crippen LogP) is 5.45. The molecule has 2 aromatic carbocycles. The fourth-order valence-electron chi connectivity index (χ4n) is 5.50. The highest BCUT2D eigenvalue weighted by atomic mass is 32.1. The highest BCUT2D eigenvalue weighted by Crippen LogP contribution is 2.34. The summed E-state index contributed by atoms with van der Waals surface area (Å²) in [6, 6.07) is 19.7. The van der Waals surface area contributed by atoms with Crippen LogP contribution >= 0.6 is 11.5 Å². The molecular formula is C30H26N8O2S. The topological polar surface area (TPSA) is 116 Å². The van der Waals surface area contributed by atoms with Gasteiger partial charge in [0, 0.05) is 42.0 Å². The summed E-state index contributed by atoms with van der Waals surface area (Å²) in [6.45, 7) is 3.08. The van der Waals surface area contributed by atoms with Gasteiger partial charge in [0.2, 0.25) is 5.89 Å². The van der Waals surface area contributed by atoms with Gasteiger partial charge in [0.1, 0.15) is 17.3 Å². The van der Waals surface area contributed by atoms with Crippen molar-refractivity contribution in [1.82, 2.24) is 39.4 Å². The maximum atomic E-state index is 13.5. The van der Waals surface area contributed by atoms with E-state index in [1.54, 1.807) is 17.1 Å². The first kappa shape index (κ1) is 25.2. The standard InChI is InChI=1S/C30H26N8O2S/c1-19-34-36-38(35-19)28(20-5-3-2-4-6-20)21-10-13-37(14-11-21)30(39)26-16-23(9-12-31-26)29-33-25-15-22(7-8-27(25)40-29)24-17-32-41-18-24/h2-9,12,15-18,21,28H,10-11,13-14H2,1H3/t28-/m0/s1. The lowest BCUT2D eigenvalue weighted by molar-refractivity contribution is 0.0658. The third kappa shape index (κ3) is 5.00. The number of carbonyl (C=O) groups excluding carboxylic acids is 1. The average Bonchev–Trinajstić information content (AvgIpc) is 3.79. The number of hydrogen-bond donors (Lipinski definition) is 0. The fourth-order valence-corrected chi connectivity index (χ4v) is 6.05. The third-order valence-electron chi connectivity index (χ3n) is 7.57. The van der Waals surface area contributed by atoms with Crippen LogP contribution in [0.25, 0.3) is 33.7 Å². The quantitative estimate of drug-likeness (QED) is 0.263. The van der Waals surface area contributed by atoms with E-state index in [0.29, 0.717) is 41.6 Å². The number of aromatic nitrogens is 7. The Balaban J connectivity index is 1.08. The van der Waals surface area contributed by atoms with Crippen LogP contribution in [-0.2, 0) is 0 Å². The van der Waals surface area contributed by atoms with E-state index in [4.69, 9.17) is 9.40 Å². The van der Waals surface area contributed by atoms with E-state index in [1.807, 2.05) is 65.9 Å². The number of fused-ring (bicyclic) bond motifs is 1. The van der Waals surface area contributed by atoms with Crippen molar-refractivity contribution < 1.29 is 9.21 Å². The summed E-state index contributed by atoms with van der Waals surface area (Å²) in [4.78, 5) is 26.2. The van der Waals surface area contributed by atoms with Gasteiger partial charge in [0.25, 0.3) is 5.91 Å². The molecule has 1 aliphatic heterocycles. The summed E-state index contributed by atoms with van der Waals surface area (Å²) in [6.07, 6.45) is 5.11. The molecule has 1 amide bonds. The second kappa shape index (κ2) is 10.7. The van der Waals surface area contributed by atoms with Crippen molar-refractivity contribution in [1.29, 1.82) is 0 Å². The third-order valence-corrected chi connectivity index (χ3v) is 8.16. The van der Waals surface area contributed by atoms with Crippen LogP contribution in [-0.4, -0.2) is 58.4 Å². The van der Waals surface area contributed by atoms with Crippen molar-refractivity contribution in [3.05, 3.63) is 95.5 Å². The number of pyridine rings is 1. The van der Waals surface area contributed by atoms with Crippen LogP contribution < -0.4 is 0 Å². The first-order chi connectivity index (χ1) is 20.1. The normalized spacial score (nSPS) is 14.9. The van der Waals surface area contributed by atoms with Crippen molar-refractivity contribution in [2.75, 3.05) is 13.1 Å². The zero-order valence-corrected chi connectivity index (χ0v) is 23.1. The van der Waals surface area contributed by atoms with Gasteiger partial charge in [-0.3, -0.25) is 9.78 Å². The second-order valence-electron chi connectivity index (χ2n) is 10.2. The van der Waals surface area contributed by atoms with Crippen LogP contribution in [0.2, 0.25) is 0 Å². The van der Waals surface area contributed by atoms with Gasteiger partial charge in [-0.05, 0) is 77.8 Å². The monoisotopic (exact) mass is 562 g/mol. The van der Waals surface area contributed by atoms with Crippen molar-refractivity contribution >= 4 is 28.5 Å². The molecule has 1 fully saturated rings. The van der Waals surface area contributed by atoms with E-state index >= 15 is 0 Å². The van der Waals surface area contributed by atoms with E-state index in [-0.39, 0.29) is 17.9 Å². The van der Waals surface area contributed by atoms with Gasteiger partial charge in [-0.25, -0.2) is 9.36 Å². The molecule has 1 saturated heterocycles. The van der Waals surface area contributed by atoms with Crippen molar-refractivity contribution in [3.63, 3.8) is 0 Å². The number of likely N-dealkylation sites (tertiary alicyclic amines) is 1. The van der Waals surface area contributed by atoms with Gasteiger partial charge in [0.05, 0.1) is 0 Å². The van der Waals surface area contributed by atoms with Gasteiger partial charge in [-0.1, -0.05) is 36.4 Å². The number of hydrogen-bond acceptors (Lipinski definition) is 9. The molecule has 0 saturated carbocycles. The molecule has 41 heavy (non-hydrogen) atoms. The summed E-state index contributed by atoms with van der Waals surface area (Å²) < 4.78 is 10.2. The molecule has 10 nitrogen and oxygen atoms in total. The van der Waals surface area contributed by atoms with Crippen molar-refractivity contribution in [3.8, 4) is 22.6 Å². The van der Waals surface area contributed by atoms with Crippen LogP contribution in [0.3, 0.4) is 0 Å². The van der Waals surface area contributed by atoms with Crippen molar-refractivity contribution in [2.45, 2.75) is 25.8 Å². The number of benzene rings is 2. The highest BCUT2D eigenvalue weighted by Gasteiger charge is 2.32. The fraction of sp³-hybridized carbons (Fsp3) is 0.233. The maximum absolute atomic E-state index is 13.5. The van der Waals surface area contributed by atoms with Crippen LogP contribution in [0.5, 0.6) is 0 Å². The molecule has 4 aromatic heterocycles. The number of tetrazole rings is 1. The molecule has 6 aromatic rings. The van der Waals surface area contributed by atoms with Crippen molar-refractivity contribution in [2.24, 2.45) is 5.92 Å². The lowest BCUT2D eigenvalue weighted by Crippen LogP contribution is -2.41. The molecule has 1 atom stereocenters. The Bertz CT molecular complexity index is 1810. The largest absolute Gasteiger partial charge is 0.436 e. The SMILES string of the molecule is Cc1nnn([C@@H](c2ccccc2)C2CCN(C(=O)c3cc(-c4nc5cc(-c6cnsc6)ccc5o4)ccn3)CC2)n1. The molecule has 1 aliphatic rings. The number of rotatable bonds is 6. The Morgan fingerprint density at radius 2 is 1.88 bits per heavy atom. The minimum Gasteiger partial charge on any atom is -0.436 e. The number of nitrogens with zero attached hydrogens (tertiary/aromatic N) is 8. The van der Waals surface area contributed by atoms with Gasteiger partial charge in [-0.2, -0.15) is 4.80 Å². The van der Waals surface area contributed by atoms with Crippen LogP contribution in [0.4, 0.5) is 0 Å². The van der Waals surface area contributed by atoms with Gasteiger partial charge < -0.3 is 9.32 Å². The molecule has 0 aliphatic carbocycles. The minimum absolute atomic E-state index is 0.0354. The van der Waals surface area contributed by atoms with Crippen LogP contribution in [0.1, 0.15) is 40.8 Å².